The van der Waals surface area contributed by atoms with Crippen LogP contribution in [0.1, 0.15) is 78.6 Å². The molecule has 3 unspecified atom stereocenters. The van der Waals surface area contributed by atoms with Crippen LogP contribution in [0.25, 0.3) is 0 Å². The number of nitrogens with one attached hydrogen (secondary N) is 1. The number of halogens is 2. The first-order valence-corrected chi connectivity index (χ1v) is 14.8. The van der Waals surface area contributed by atoms with Gasteiger partial charge in [0.15, 0.2) is 0 Å². The number of aliphatic carboxylic acids is 1. The molecule has 224 valence electrons. The van der Waals surface area contributed by atoms with E-state index in [1.54, 1.807) is 11.8 Å². The van der Waals surface area contributed by atoms with Crippen molar-refractivity contribution in [2.75, 3.05) is 20.6 Å². The second-order valence-electron chi connectivity index (χ2n) is 11.5. The van der Waals surface area contributed by atoms with E-state index in [9.17, 15) is 28.3 Å². The standard InChI is InChI=1S/C31H41F2N3O4S/c1-18(2)12-25(36-16-21(10-11-35(5)6)13-23(29(32)33)31(36)40)30(39)34-24(15-27(37)38)22-14-26(41-17-22)28-19(3)8-7-9-20(28)4/h7-9,13,16-18,24-26,29H,10-12,14-15H2,1-6H3,(H,34,39)(H,37,38). The molecule has 3 atom stereocenters. The van der Waals surface area contributed by atoms with Crippen LogP contribution in [0.4, 0.5) is 8.78 Å². The fourth-order valence-electron chi connectivity index (χ4n) is 5.28. The molecule has 0 spiro atoms. The molecule has 0 radical (unpaired) electrons. The van der Waals surface area contributed by atoms with Gasteiger partial charge in [-0.2, -0.15) is 0 Å². The number of aromatic nitrogens is 1. The molecule has 0 saturated carbocycles. The summed E-state index contributed by atoms with van der Waals surface area (Å²) in [7, 11) is 3.73. The predicted octanol–water partition coefficient (Wildman–Crippen LogP) is 5.82. The zero-order chi connectivity index (χ0) is 30.4. The third-order valence-corrected chi connectivity index (χ3v) is 8.52. The number of rotatable bonds is 13. The van der Waals surface area contributed by atoms with Crippen LogP contribution >= 0.6 is 11.8 Å². The van der Waals surface area contributed by atoms with Gasteiger partial charge in [-0.05, 0) is 92.4 Å². The number of carbonyl (C=O) groups excluding carboxylic acids is 1. The van der Waals surface area contributed by atoms with Gasteiger partial charge in [0.05, 0.1) is 18.0 Å². The van der Waals surface area contributed by atoms with E-state index in [1.807, 2.05) is 70.3 Å². The molecule has 2 aromatic rings. The highest BCUT2D eigenvalue weighted by molar-refractivity contribution is 8.02. The Hall–Kier alpha value is -2.98. The number of alkyl halides is 2. The van der Waals surface area contributed by atoms with Crippen LogP contribution in [0.3, 0.4) is 0 Å². The van der Waals surface area contributed by atoms with Gasteiger partial charge in [0, 0.05) is 18.0 Å². The Bertz CT molecular complexity index is 1320. The Balaban J connectivity index is 1.94. The Morgan fingerprint density at radius 3 is 2.41 bits per heavy atom. The lowest BCUT2D eigenvalue weighted by Crippen LogP contribution is -2.44. The van der Waals surface area contributed by atoms with Gasteiger partial charge in [0.2, 0.25) is 5.91 Å². The van der Waals surface area contributed by atoms with E-state index in [1.165, 1.54) is 17.8 Å². The van der Waals surface area contributed by atoms with Gasteiger partial charge in [-0.1, -0.05) is 32.0 Å². The number of nitrogens with zero attached hydrogens (tertiary/aromatic N) is 2. The molecule has 10 heteroatoms. The number of carbonyl (C=O) groups is 2. The molecule has 2 N–H and O–H groups in total. The Labute approximate surface area is 245 Å². The summed E-state index contributed by atoms with van der Waals surface area (Å²) in [6.45, 7) is 8.44. The number of amides is 1. The van der Waals surface area contributed by atoms with Crippen LogP contribution in [-0.4, -0.2) is 53.1 Å². The highest BCUT2D eigenvalue weighted by Crippen LogP contribution is 2.45. The first kappa shape index (κ1) is 32.5. The number of pyridine rings is 1. The second kappa shape index (κ2) is 14.3. The molecule has 3 rings (SSSR count). The first-order chi connectivity index (χ1) is 19.3. The summed E-state index contributed by atoms with van der Waals surface area (Å²) in [4.78, 5) is 40.8. The highest BCUT2D eigenvalue weighted by atomic mass is 32.2. The van der Waals surface area contributed by atoms with E-state index < -0.39 is 41.5 Å². The van der Waals surface area contributed by atoms with E-state index in [4.69, 9.17) is 0 Å². The molecule has 0 fully saturated rings. The zero-order valence-corrected chi connectivity index (χ0v) is 25.4. The Kier molecular flexibility index (Phi) is 11.3. The van der Waals surface area contributed by atoms with Crippen molar-refractivity contribution in [2.24, 2.45) is 5.92 Å². The molecule has 0 saturated heterocycles. The summed E-state index contributed by atoms with van der Waals surface area (Å²) in [5.41, 5.74) is 3.27. The summed E-state index contributed by atoms with van der Waals surface area (Å²) >= 11 is 1.60. The molecular weight excluding hydrogens is 548 g/mol. The van der Waals surface area contributed by atoms with Crippen LogP contribution in [-0.2, 0) is 16.0 Å². The molecule has 1 amide bonds. The van der Waals surface area contributed by atoms with Crippen LogP contribution in [0.5, 0.6) is 0 Å². The van der Waals surface area contributed by atoms with Gasteiger partial charge in [-0.3, -0.25) is 14.4 Å². The van der Waals surface area contributed by atoms with Gasteiger partial charge < -0.3 is 19.9 Å². The van der Waals surface area contributed by atoms with Crippen molar-refractivity contribution >= 4 is 23.6 Å². The van der Waals surface area contributed by atoms with Crippen molar-refractivity contribution in [2.45, 2.75) is 77.1 Å². The lowest BCUT2D eigenvalue weighted by molar-refractivity contribution is -0.137. The second-order valence-corrected chi connectivity index (χ2v) is 12.6. The van der Waals surface area contributed by atoms with E-state index >= 15 is 0 Å². The monoisotopic (exact) mass is 589 g/mol. The van der Waals surface area contributed by atoms with Crippen LogP contribution in [0, 0.1) is 19.8 Å². The third-order valence-electron chi connectivity index (χ3n) is 7.35. The maximum absolute atomic E-state index is 13.9. The summed E-state index contributed by atoms with van der Waals surface area (Å²) in [5.74, 6) is -1.66. The maximum atomic E-state index is 13.9. The number of carboxylic acids is 1. The van der Waals surface area contributed by atoms with Crippen molar-refractivity contribution in [3.05, 3.63) is 79.6 Å². The molecule has 0 bridgehead atoms. The number of thioether (sulfide) groups is 1. The topological polar surface area (TPSA) is 91.6 Å². The largest absolute Gasteiger partial charge is 0.481 e. The van der Waals surface area contributed by atoms with Gasteiger partial charge in [-0.15, -0.1) is 11.8 Å². The maximum Gasteiger partial charge on any atom is 0.305 e. The number of hydrogen-bond acceptors (Lipinski definition) is 5. The fourth-order valence-corrected chi connectivity index (χ4v) is 6.68. The number of benzene rings is 1. The van der Waals surface area contributed by atoms with Gasteiger partial charge in [0.25, 0.3) is 12.0 Å². The fraction of sp³-hybridized carbons (Fsp3) is 0.516. The molecular formula is C31H41F2N3O4S. The van der Waals surface area contributed by atoms with Gasteiger partial charge in [-0.25, -0.2) is 8.78 Å². The Morgan fingerprint density at radius 1 is 1.20 bits per heavy atom. The molecule has 1 aromatic carbocycles. The van der Waals surface area contributed by atoms with E-state index in [2.05, 4.69) is 5.32 Å². The van der Waals surface area contributed by atoms with Crippen molar-refractivity contribution < 1.29 is 23.5 Å². The van der Waals surface area contributed by atoms with Crippen LogP contribution in [0.15, 0.2) is 46.2 Å². The minimum Gasteiger partial charge on any atom is -0.481 e. The van der Waals surface area contributed by atoms with Crippen LogP contribution < -0.4 is 10.9 Å². The highest BCUT2D eigenvalue weighted by Gasteiger charge is 2.32. The van der Waals surface area contributed by atoms with Gasteiger partial charge >= 0.3 is 5.97 Å². The normalized spacial score (nSPS) is 16.8. The minimum atomic E-state index is -2.99. The van der Waals surface area contributed by atoms with Crippen molar-refractivity contribution in [3.8, 4) is 0 Å². The zero-order valence-electron chi connectivity index (χ0n) is 24.6. The van der Waals surface area contributed by atoms with Crippen molar-refractivity contribution in [1.29, 1.82) is 0 Å². The van der Waals surface area contributed by atoms with E-state index in [-0.39, 0.29) is 24.0 Å². The predicted molar refractivity (Wildman–Crippen MR) is 160 cm³/mol. The molecule has 1 aromatic heterocycles. The number of likely N-dealkylation sites (N-methyl/N-ethyl adjacent to an activating group) is 1. The third kappa shape index (κ3) is 8.52. The summed E-state index contributed by atoms with van der Waals surface area (Å²) < 4.78 is 28.9. The Morgan fingerprint density at radius 2 is 1.85 bits per heavy atom. The SMILES string of the molecule is Cc1cccc(C)c1C1CC(C(CC(=O)O)NC(=O)C(CC(C)C)n2cc(CCN(C)C)cc(C(F)F)c2=O)=CS1. The van der Waals surface area contributed by atoms with Crippen molar-refractivity contribution in [3.63, 3.8) is 0 Å². The lowest BCUT2D eigenvalue weighted by atomic mass is 9.93. The molecule has 1 aliphatic heterocycles. The number of carboxylic acid groups (broad SMARTS) is 1. The molecule has 0 aliphatic carbocycles. The van der Waals surface area contributed by atoms with Crippen LogP contribution in [0.2, 0.25) is 0 Å². The first-order valence-electron chi connectivity index (χ1n) is 13.9. The summed E-state index contributed by atoms with van der Waals surface area (Å²) in [5, 5.41) is 14.6. The minimum absolute atomic E-state index is 0.0364. The molecule has 2 heterocycles. The van der Waals surface area contributed by atoms with Gasteiger partial charge in [0.1, 0.15) is 6.04 Å². The van der Waals surface area contributed by atoms with Crippen molar-refractivity contribution in [1.82, 2.24) is 14.8 Å². The number of aryl methyl sites for hydroxylation is 2. The smallest absolute Gasteiger partial charge is 0.305 e. The average molecular weight is 590 g/mol. The van der Waals surface area contributed by atoms with E-state index in [0.29, 0.717) is 24.9 Å². The summed E-state index contributed by atoms with van der Waals surface area (Å²) in [6.07, 6.45) is -0.597. The quantitative estimate of drug-likeness (QED) is 0.306. The lowest BCUT2D eigenvalue weighted by Gasteiger charge is -2.26. The van der Waals surface area contributed by atoms with E-state index in [0.717, 1.165) is 21.3 Å². The molecule has 41 heavy (non-hydrogen) atoms. The average Bonchev–Trinajstić information content (AvgIpc) is 3.35. The number of hydrogen-bond donors (Lipinski definition) is 2. The summed E-state index contributed by atoms with van der Waals surface area (Å²) in [6, 6.07) is 5.45. The molecule has 1 aliphatic rings. The molecule has 7 nitrogen and oxygen atoms in total.